The molecule has 3 aromatic rings. The van der Waals surface area contributed by atoms with Crippen LogP contribution in [0, 0.1) is 6.92 Å². The van der Waals surface area contributed by atoms with E-state index in [2.05, 4.69) is 9.71 Å². The van der Waals surface area contributed by atoms with Crippen LogP contribution in [0.4, 0.5) is 5.69 Å². The number of aromatic nitrogens is 1. The Morgan fingerprint density at radius 3 is 2.58 bits per heavy atom. The summed E-state index contributed by atoms with van der Waals surface area (Å²) in [7, 11) is -3.57. The minimum Gasteiger partial charge on any atom is -0.359 e. The highest BCUT2D eigenvalue weighted by atomic mass is 32.2. The molecule has 4 nitrogen and oxygen atoms in total. The Hall–Kier alpha value is -2.27. The van der Waals surface area contributed by atoms with Crippen LogP contribution < -0.4 is 4.72 Å². The molecule has 124 valence electrons. The normalized spacial score (nSPS) is 14.5. The van der Waals surface area contributed by atoms with Gasteiger partial charge in [0, 0.05) is 22.3 Å². The molecule has 0 atom stereocenters. The smallest absolute Gasteiger partial charge is 0.261 e. The van der Waals surface area contributed by atoms with Crippen molar-refractivity contribution in [2.75, 3.05) is 4.72 Å². The molecule has 0 unspecified atom stereocenters. The van der Waals surface area contributed by atoms with Gasteiger partial charge >= 0.3 is 0 Å². The van der Waals surface area contributed by atoms with Crippen LogP contribution in [-0.2, 0) is 22.9 Å². The van der Waals surface area contributed by atoms with E-state index in [0.29, 0.717) is 10.6 Å². The third kappa shape index (κ3) is 2.80. The lowest BCUT2D eigenvalue weighted by Gasteiger charge is -2.17. The van der Waals surface area contributed by atoms with E-state index in [9.17, 15) is 8.42 Å². The lowest BCUT2D eigenvalue weighted by Crippen LogP contribution is -2.14. The summed E-state index contributed by atoms with van der Waals surface area (Å²) in [4.78, 5) is 3.58. The molecule has 1 aromatic heterocycles. The Morgan fingerprint density at radius 1 is 0.958 bits per heavy atom. The zero-order valence-corrected chi connectivity index (χ0v) is 14.4. The second-order valence-electron chi connectivity index (χ2n) is 6.50. The molecule has 0 saturated heterocycles. The van der Waals surface area contributed by atoms with E-state index in [1.807, 2.05) is 37.3 Å². The minimum atomic E-state index is -3.57. The summed E-state index contributed by atoms with van der Waals surface area (Å²) in [6.45, 7) is 1.98. The van der Waals surface area contributed by atoms with E-state index in [1.165, 1.54) is 17.5 Å². The van der Waals surface area contributed by atoms with Gasteiger partial charge in [0.25, 0.3) is 10.0 Å². The van der Waals surface area contributed by atoms with Gasteiger partial charge in [-0.25, -0.2) is 8.42 Å². The molecule has 2 aromatic carbocycles. The van der Waals surface area contributed by atoms with Gasteiger partial charge in [-0.05, 0) is 80.1 Å². The lowest BCUT2D eigenvalue weighted by molar-refractivity contribution is 0.600. The van der Waals surface area contributed by atoms with Crippen LogP contribution in [0.15, 0.2) is 47.4 Å². The van der Waals surface area contributed by atoms with Crippen molar-refractivity contribution < 1.29 is 8.42 Å². The Labute approximate surface area is 142 Å². The van der Waals surface area contributed by atoms with Gasteiger partial charge in [0.2, 0.25) is 0 Å². The fourth-order valence-corrected chi connectivity index (χ4v) is 4.53. The number of anilines is 1. The van der Waals surface area contributed by atoms with Gasteiger partial charge in [-0.15, -0.1) is 0 Å². The summed E-state index contributed by atoms with van der Waals surface area (Å²) in [5, 5.41) is 0.998. The summed E-state index contributed by atoms with van der Waals surface area (Å²) in [5.41, 5.74) is 5.09. The van der Waals surface area contributed by atoms with E-state index in [-0.39, 0.29) is 0 Å². The topological polar surface area (TPSA) is 62.0 Å². The van der Waals surface area contributed by atoms with Gasteiger partial charge in [0.1, 0.15) is 0 Å². The quantitative estimate of drug-likeness (QED) is 0.752. The Kier molecular flexibility index (Phi) is 3.61. The molecule has 5 heteroatoms. The molecular formula is C19H20N2O2S. The zero-order chi connectivity index (χ0) is 16.7. The van der Waals surface area contributed by atoms with Gasteiger partial charge in [-0.2, -0.15) is 0 Å². The predicted octanol–water partition coefficient (Wildman–Crippen LogP) is 4.16. The number of aromatic amines is 1. The minimum absolute atomic E-state index is 0.341. The van der Waals surface area contributed by atoms with Gasteiger partial charge in [0.05, 0.1) is 4.90 Å². The molecule has 1 aliphatic rings. The molecule has 0 amide bonds. The average Bonchev–Trinajstić information content (AvgIpc) is 2.93. The van der Waals surface area contributed by atoms with Gasteiger partial charge in [-0.1, -0.05) is 6.07 Å². The number of rotatable bonds is 3. The molecule has 0 spiro atoms. The number of nitrogens with one attached hydrogen (secondary N) is 2. The zero-order valence-electron chi connectivity index (χ0n) is 13.6. The molecule has 4 rings (SSSR count). The Morgan fingerprint density at radius 2 is 1.75 bits per heavy atom. The van der Waals surface area contributed by atoms with Crippen molar-refractivity contribution in [1.29, 1.82) is 0 Å². The maximum absolute atomic E-state index is 12.7. The molecule has 0 radical (unpaired) electrons. The second-order valence-corrected chi connectivity index (χ2v) is 8.18. The third-order valence-electron chi connectivity index (χ3n) is 4.64. The summed E-state index contributed by atoms with van der Waals surface area (Å²) in [6.07, 6.45) is 4.33. The highest BCUT2D eigenvalue weighted by molar-refractivity contribution is 7.92. The van der Waals surface area contributed by atoms with E-state index in [4.69, 9.17) is 0 Å². The Balaban J connectivity index is 1.66. The van der Waals surface area contributed by atoms with Crippen LogP contribution in [-0.4, -0.2) is 13.4 Å². The van der Waals surface area contributed by atoms with Crippen molar-refractivity contribution in [1.82, 2.24) is 4.98 Å². The Bertz CT molecular complexity index is 1020. The number of H-pyrrole nitrogens is 1. The van der Waals surface area contributed by atoms with Crippen molar-refractivity contribution in [3.63, 3.8) is 0 Å². The van der Waals surface area contributed by atoms with Crippen LogP contribution in [0.3, 0.4) is 0 Å². The second kappa shape index (κ2) is 5.67. The molecule has 0 aliphatic heterocycles. The highest BCUT2D eigenvalue weighted by Gasteiger charge is 2.18. The lowest BCUT2D eigenvalue weighted by atomic mass is 9.92. The molecule has 1 heterocycles. The van der Waals surface area contributed by atoms with Crippen LogP contribution in [0.2, 0.25) is 0 Å². The fourth-order valence-electron chi connectivity index (χ4n) is 3.43. The first kappa shape index (κ1) is 15.3. The predicted molar refractivity (Wildman–Crippen MR) is 96.9 cm³/mol. The van der Waals surface area contributed by atoms with Crippen LogP contribution >= 0.6 is 0 Å². The van der Waals surface area contributed by atoms with Crippen LogP contribution in [0.5, 0.6) is 0 Å². The van der Waals surface area contributed by atoms with Gasteiger partial charge < -0.3 is 4.98 Å². The molecule has 2 N–H and O–H groups in total. The molecule has 0 bridgehead atoms. The van der Waals surface area contributed by atoms with Crippen LogP contribution in [0.25, 0.3) is 10.9 Å². The third-order valence-corrected chi connectivity index (χ3v) is 6.02. The largest absolute Gasteiger partial charge is 0.359 e. The van der Waals surface area contributed by atoms with E-state index in [1.54, 1.807) is 12.1 Å². The number of aryl methyl sites for hydroxylation is 3. The average molecular weight is 340 g/mol. The molecule has 0 saturated carbocycles. The van der Waals surface area contributed by atoms with Crippen LogP contribution in [0.1, 0.15) is 29.7 Å². The molecular weight excluding hydrogens is 320 g/mol. The molecule has 0 fully saturated rings. The van der Waals surface area contributed by atoms with E-state index in [0.717, 1.165) is 35.9 Å². The number of fused-ring (bicyclic) bond motifs is 2. The number of sulfonamides is 1. The first-order chi connectivity index (χ1) is 11.5. The van der Waals surface area contributed by atoms with Crippen molar-refractivity contribution in [3.05, 3.63) is 59.3 Å². The summed E-state index contributed by atoms with van der Waals surface area (Å²) < 4.78 is 28.1. The standard InChI is InChI=1S/C19H20N2O2S/c1-13-10-16-11-17(7-9-19(16)20-13)21-24(22,23)18-8-6-14-4-2-3-5-15(14)12-18/h6-12,20-21H,2-5H2,1H3. The summed E-state index contributed by atoms with van der Waals surface area (Å²) in [5.74, 6) is 0. The number of benzene rings is 2. The first-order valence-corrected chi connectivity index (χ1v) is 9.74. The molecule has 24 heavy (non-hydrogen) atoms. The number of hydrogen-bond acceptors (Lipinski definition) is 2. The van der Waals surface area contributed by atoms with Crippen molar-refractivity contribution in [2.45, 2.75) is 37.5 Å². The van der Waals surface area contributed by atoms with Crippen molar-refractivity contribution in [3.8, 4) is 0 Å². The summed E-state index contributed by atoms with van der Waals surface area (Å²) >= 11 is 0. The number of hydrogen-bond donors (Lipinski definition) is 2. The molecule has 1 aliphatic carbocycles. The van der Waals surface area contributed by atoms with Gasteiger partial charge in [-0.3, -0.25) is 4.72 Å². The maximum Gasteiger partial charge on any atom is 0.261 e. The van der Waals surface area contributed by atoms with Gasteiger partial charge in [0.15, 0.2) is 0 Å². The monoisotopic (exact) mass is 340 g/mol. The SMILES string of the molecule is Cc1cc2cc(NS(=O)(=O)c3ccc4c(c3)CCCC4)ccc2[nH]1. The van der Waals surface area contributed by atoms with E-state index >= 15 is 0 Å². The fraction of sp³-hybridized carbons (Fsp3) is 0.263. The first-order valence-electron chi connectivity index (χ1n) is 8.25. The highest BCUT2D eigenvalue weighted by Crippen LogP contribution is 2.26. The summed E-state index contributed by atoms with van der Waals surface area (Å²) in [6, 6.07) is 13.0. The van der Waals surface area contributed by atoms with Crippen molar-refractivity contribution in [2.24, 2.45) is 0 Å². The van der Waals surface area contributed by atoms with E-state index < -0.39 is 10.0 Å². The van der Waals surface area contributed by atoms with Crippen molar-refractivity contribution >= 4 is 26.6 Å². The maximum atomic E-state index is 12.7.